The fourth-order valence-electron chi connectivity index (χ4n) is 5.29. The molecule has 38 heavy (non-hydrogen) atoms. The van der Waals surface area contributed by atoms with Crippen LogP contribution < -0.4 is 14.8 Å². The summed E-state index contributed by atoms with van der Waals surface area (Å²) in [6.07, 6.45) is 5.67. The van der Waals surface area contributed by atoms with Gasteiger partial charge in [0, 0.05) is 42.9 Å². The number of piperidine rings is 1. The number of amides is 1. The predicted octanol–water partition coefficient (Wildman–Crippen LogP) is 3.77. The van der Waals surface area contributed by atoms with E-state index in [0.717, 1.165) is 43.3 Å². The molecule has 2 aromatic carbocycles. The Bertz CT molecular complexity index is 1530. The molecule has 7 rings (SSSR count). The van der Waals surface area contributed by atoms with Crippen LogP contribution in [0.3, 0.4) is 0 Å². The van der Waals surface area contributed by atoms with Gasteiger partial charge >= 0.3 is 0 Å². The first-order chi connectivity index (χ1) is 18.6. The molecule has 0 radical (unpaired) electrons. The van der Waals surface area contributed by atoms with Gasteiger partial charge in [-0.05, 0) is 62.1 Å². The minimum atomic E-state index is 0.0930. The third kappa shape index (κ3) is 4.25. The van der Waals surface area contributed by atoms with Gasteiger partial charge in [-0.25, -0.2) is 9.97 Å². The van der Waals surface area contributed by atoms with E-state index >= 15 is 0 Å². The number of rotatable bonds is 5. The largest absolute Gasteiger partial charge is 0.508 e. The molecule has 10 heteroatoms. The minimum absolute atomic E-state index is 0.0930. The zero-order valence-electron chi connectivity index (χ0n) is 20.8. The minimum Gasteiger partial charge on any atom is -0.508 e. The predicted molar refractivity (Wildman–Crippen MR) is 141 cm³/mol. The van der Waals surface area contributed by atoms with Crippen molar-refractivity contribution in [3.05, 3.63) is 48.7 Å². The third-order valence-electron chi connectivity index (χ3n) is 7.30. The van der Waals surface area contributed by atoms with Crippen molar-refractivity contribution in [2.24, 2.45) is 5.92 Å². The normalized spacial score (nSPS) is 18.9. The second-order valence-corrected chi connectivity index (χ2v) is 10.1. The van der Waals surface area contributed by atoms with Crippen LogP contribution in [0, 0.1) is 5.92 Å². The Balaban J connectivity index is 1.24. The van der Waals surface area contributed by atoms with Crippen LogP contribution in [0.4, 0.5) is 5.95 Å². The highest BCUT2D eigenvalue weighted by Crippen LogP contribution is 2.37. The molecule has 3 aliphatic rings. The van der Waals surface area contributed by atoms with E-state index in [4.69, 9.17) is 19.4 Å². The molecule has 0 bridgehead atoms. The van der Waals surface area contributed by atoms with E-state index in [-0.39, 0.29) is 23.6 Å². The summed E-state index contributed by atoms with van der Waals surface area (Å²) in [5.74, 6) is 3.82. The molecule has 2 N–H and O–H groups in total. The van der Waals surface area contributed by atoms with Crippen LogP contribution in [0.5, 0.6) is 17.2 Å². The molecule has 2 aromatic heterocycles. The molecular weight excluding hydrogens is 484 g/mol. The van der Waals surface area contributed by atoms with Gasteiger partial charge in [-0.3, -0.25) is 9.36 Å². The second kappa shape index (κ2) is 9.20. The van der Waals surface area contributed by atoms with Crippen molar-refractivity contribution < 1.29 is 19.4 Å². The van der Waals surface area contributed by atoms with Crippen molar-refractivity contribution in [3.63, 3.8) is 0 Å². The average Bonchev–Trinajstić information content (AvgIpc) is 3.73. The number of carbonyl (C=O) groups is 1. The molecule has 1 saturated heterocycles. The van der Waals surface area contributed by atoms with Gasteiger partial charge in [0.15, 0.2) is 11.5 Å². The molecule has 2 fully saturated rings. The number of benzene rings is 2. The van der Waals surface area contributed by atoms with E-state index in [1.165, 1.54) is 0 Å². The van der Waals surface area contributed by atoms with Crippen LogP contribution in [0.1, 0.15) is 25.7 Å². The van der Waals surface area contributed by atoms with Crippen LogP contribution >= 0.6 is 0 Å². The van der Waals surface area contributed by atoms with E-state index in [9.17, 15) is 9.90 Å². The monoisotopic (exact) mass is 512 g/mol. The summed E-state index contributed by atoms with van der Waals surface area (Å²) < 4.78 is 13.5. The van der Waals surface area contributed by atoms with Crippen molar-refractivity contribution in [3.8, 4) is 34.5 Å². The Labute approximate surface area is 219 Å². The summed E-state index contributed by atoms with van der Waals surface area (Å²) in [5, 5.41) is 13.6. The van der Waals surface area contributed by atoms with E-state index in [1.54, 1.807) is 18.3 Å². The highest BCUT2D eigenvalue weighted by molar-refractivity contribution is 5.84. The maximum Gasteiger partial charge on any atom is 0.225 e. The number of aromatic hydroxyl groups is 1. The lowest BCUT2D eigenvalue weighted by molar-refractivity contribution is -0.133. The number of likely N-dealkylation sites (tertiary alicyclic amines) is 1. The number of nitrogens with one attached hydrogen (secondary N) is 1. The lowest BCUT2D eigenvalue weighted by atomic mass is 10.1. The summed E-state index contributed by atoms with van der Waals surface area (Å²) in [7, 11) is 0. The SMILES string of the molecule is O=C(C1CC1)N1CCCC(Nc2nccc(-n3c(-c4ccc5c(c4)OCCO5)nc4cc(O)ccc43)n2)C1. The standard InChI is InChI=1S/C28H28N6O4/c35-20-6-7-22-21(15-20)31-26(18-5-8-23-24(14-18)38-13-12-37-23)34(22)25-9-10-29-28(32-25)30-19-2-1-11-33(16-19)27(36)17-3-4-17/h5-10,14-15,17,19,35H,1-4,11-13,16H2,(H,29,30,32). The molecule has 4 heterocycles. The van der Waals surface area contributed by atoms with Crippen molar-refractivity contribution in [2.45, 2.75) is 31.7 Å². The van der Waals surface area contributed by atoms with Gasteiger partial charge in [0.05, 0.1) is 11.0 Å². The fraction of sp³-hybridized carbons (Fsp3) is 0.357. The number of anilines is 1. The Morgan fingerprint density at radius 3 is 2.74 bits per heavy atom. The first kappa shape index (κ1) is 22.8. The smallest absolute Gasteiger partial charge is 0.225 e. The van der Waals surface area contributed by atoms with Gasteiger partial charge in [-0.1, -0.05) is 0 Å². The highest BCUT2D eigenvalue weighted by atomic mass is 16.6. The number of carbonyl (C=O) groups excluding carboxylic acids is 1. The van der Waals surface area contributed by atoms with Gasteiger partial charge in [0.25, 0.3) is 0 Å². The molecule has 4 aromatic rings. The zero-order chi connectivity index (χ0) is 25.6. The van der Waals surface area contributed by atoms with Crippen LogP contribution in [0.25, 0.3) is 28.2 Å². The quantitative estimate of drug-likeness (QED) is 0.415. The molecule has 2 aliphatic heterocycles. The Hall–Kier alpha value is -4.34. The van der Waals surface area contributed by atoms with E-state index in [1.807, 2.05) is 39.8 Å². The van der Waals surface area contributed by atoms with Crippen molar-refractivity contribution >= 4 is 22.9 Å². The summed E-state index contributed by atoms with van der Waals surface area (Å²) in [6, 6.07) is 12.8. The average molecular weight is 513 g/mol. The van der Waals surface area contributed by atoms with E-state index < -0.39 is 0 Å². The van der Waals surface area contributed by atoms with Gasteiger partial charge in [-0.2, -0.15) is 4.98 Å². The van der Waals surface area contributed by atoms with Gasteiger partial charge < -0.3 is 24.8 Å². The lowest BCUT2D eigenvalue weighted by Gasteiger charge is -2.33. The van der Waals surface area contributed by atoms with Crippen molar-refractivity contribution in [1.82, 2.24) is 24.4 Å². The summed E-state index contributed by atoms with van der Waals surface area (Å²) in [4.78, 5) is 28.8. The second-order valence-electron chi connectivity index (χ2n) is 10.1. The van der Waals surface area contributed by atoms with Gasteiger partial charge in [0.1, 0.15) is 30.6 Å². The van der Waals surface area contributed by atoms with E-state index in [2.05, 4.69) is 10.3 Å². The van der Waals surface area contributed by atoms with Crippen LogP contribution in [0.2, 0.25) is 0 Å². The molecule has 194 valence electrons. The first-order valence-corrected chi connectivity index (χ1v) is 13.1. The third-order valence-corrected chi connectivity index (χ3v) is 7.30. The maximum atomic E-state index is 12.6. The number of fused-ring (bicyclic) bond motifs is 2. The number of hydrogen-bond acceptors (Lipinski definition) is 8. The molecule has 1 aliphatic carbocycles. The molecule has 1 atom stereocenters. The van der Waals surface area contributed by atoms with Crippen LogP contribution in [-0.2, 0) is 4.79 Å². The van der Waals surface area contributed by atoms with Crippen LogP contribution in [-0.4, -0.2) is 67.8 Å². The molecule has 1 unspecified atom stereocenters. The van der Waals surface area contributed by atoms with Crippen LogP contribution in [0.15, 0.2) is 48.7 Å². The zero-order valence-corrected chi connectivity index (χ0v) is 20.8. The number of nitrogens with zero attached hydrogens (tertiary/aromatic N) is 5. The highest BCUT2D eigenvalue weighted by Gasteiger charge is 2.35. The number of phenolic OH excluding ortho intramolecular Hbond substituents is 1. The summed E-state index contributed by atoms with van der Waals surface area (Å²) >= 11 is 0. The molecule has 10 nitrogen and oxygen atoms in total. The molecule has 1 saturated carbocycles. The number of aromatic nitrogens is 4. The summed E-state index contributed by atoms with van der Waals surface area (Å²) in [6.45, 7) is 2.50. The van der Waals surface area contributed by atoms with Gasteiger partial charge in [-0.15, -0.1) is 0 Å². The maximum absolute atomic E-state index is 12.6. The van der Waals surface area contributed by atoms with Crippen molar-refractivity contribution in [2.75, 3.05) is 31.6 Å². The van der Waals surface area contributed by atoms with E-state index in [0.29, 0.717) is 54.4 Å². The number of phenols is 1. The number of ether oxygens (including phenoxy) is 2. The first-order valence-electron chi connectivity index (χ1n) is 13.1. The summed E-state index contributed by atoms with van der Waals surface area (Å²) in [5.41, 5.74) is 2.28. The Morgan fingerprint density at radius 2 is 1.87 bits per heavy atom. The molecule has 0 spiro atoms. The lowest BCUT2D eigenvalue weighted by Crippen LogP contribution is -2.45. The van der Waals surface area contributed by atoms with Crippen molar-refractivity contribution in [1.29, 1.82) is 0 Å². The number of hydrogen-bond donors (Lipinski definition) is 2. The fourth-order valence-corrected chi connectivity index (χ4v) is 5.29. The number of imidazole rings is 1. The topological polar surface area (TPSA) is 115 Å². The van der Waals surface area contributed by atoms with Gasteiger partial charge in [0.2, 0.25) is 11.9 Å². The molecule has 1 amide bonds. The molecular formula is C28H28N6O4. The Kier molecular flexibility index (Phi) is 5.52. The Morgan fingerprint density at radius 1 is 1.00 bits per heavy atom.